The summed E-state index contributed by atoms with van der Waals surface area (Å²) in [6, 6.07) is 24.9. The Balaban J connectivity index is 0.000000196. The van der Waals surface area contributed by atoms with Gasteiger partial charge < -0.3 is 40.6 Å². The molecular weight excluding hydrogens is 1060 g/mol. The highest BCUT2D eigenvalue weighted by molar-refractivity contribution is 5.97. The lowest BCUT2D eigenvalue weighted by molar-refractivity contribution is -0.132. The summed E-state index contributed by atoms with van der Waals surface area (Å²) >= 11 is 0. The Kier molecular flexibility index (Phi) is 16.7. The Hall–Kier alpha value is -8.56. The molecule has 426 valence electrons. The molecule has 16 nitrogen and oxygen atoms in total. The van der Waals surface area contributed by atoms with Crippen LogP contribution in [0.4, 0.5) is 37.7 Å². The van der Waals surface area contributed by atoms with E-state index in [-0.39, 0.29) is 77.8 Å². The first-order valence-corrected chi connectivity index (χ1v) is 26.6. The molecule has 8 aromatic rings. The molecule has 0 atom stereocenters. The van der Waals surface area contributed by atoms with E-state index in [1.807, 2.05) is 65.8 Å². The fourth-order valence-corrected chi connectivity index (χ4v) is 9.06. The van der Waals surface area contributed by atoms with Crippen molar-refractivity contribution in [2.45, 2.75) is 116 Å². The molecule has 2 amide bonds. The molecular formula is C59H62F6N10O6. The minimum absolute atomic E-state index is 0.0347. The number of aromatic hydroxyl groups is 1. The molecule has 0 saturated heterocycles. The zero-order chi connectivity index (χ0) is 57.9. The number of carbonyl (C=O) groups excluding carboxylic acids is 2. The number of aromatic nitrogens is 6. The largest absolute Gasteiger partial charge is 0.504 e. The van der Waals surface area contributed by atoms with E-state index in [9.17, 15) is 41.0 Å². The number of phenolic OH excluding ortho intramolecular Hbond substituents is 1. The molecule has 4 aromatic carbocycles. The molecule has 2 saturated carbocycles. The number of carbonyl (C=O) groups is 2. The molecule has 5 N–H and O–H groups in total. The number of nitrogens with zero attached hydrogens (tertiary/aromatic N) is 6. The van der Waals surface area contributed by atoms with E-state index in [0.29, 0.717) is 62.1 Å². The van der Waals surface area contributed by atoms with E-state index in [1.54, 1.807) is 68.0 Å². The van der Waals surface area contributed by atoms with Crippen LogP contribution < -0.4 is 35.5 Å². The fourth-order valence-electron chi connectivity index (χ4n) is 9.06. The lowest BCUT2D eigenvalue weighted by Gasteiger charge is -2.17. The van der Waals surface area contributed by atoms with Gasteiger partial charge in [-0.3, -0.25) is 9.59 Å². The Bertz CT molecular complexity index is 3610. The van der Waals surface area contributed by atoms with Gasteiger partial charge >= 0.3 is 12.4 Å². The van der Waals surface area contributed by atoms with Crippen LogP contribution >= 0.6 is 0 Å². The van der Waals surface area contributed by atoms with Gasteiger partial charge in [0.05, 0.1) is 55.1 Å². The van der Waals surface area contributed by atoms with Crippen molar-refractivity contribution in [3.05, 3.63) is 131 Å². The molecule has 10 rings (SSSR count). The average molecular weight is 1120 g/mol. The quantitative estimate of drug-likeness (QED) is 0.0482. The molecule has 2 aliphatic rings. The number of phenols is 1. The number of benzene rings is 4. The van der Waals surface area contributed by atoms with Gasteiger partial charge in [-0.05, 0) is 98.9 Å². The number of amides is 2. The number of anilines is 2. The van der Waals surface area contributed by atoms with Crippen molar-refractivity contribution >= 4 is 34.5 Å². The predicted molar refractivity (Wildman–Crippen MR) is 295 cm³/mol. The molecule has 4 heterocycles. The van der Waals surface area contributed by atoms with E-state index in [4.69, 9.17) is 14.2 Å². The van der Waals surface area contributed by atoms with Crippen molar-refractivity contribution in [2.24, 2.45) is 0 Å². The molecule has 22 heteroatoms. The number of halogens is 6. The number of alkyl halides is 6. The number of methoxy groups -OCH3 is 1. The second-order valence-electron chi connectivity index (χ2n) is 20.8. The lowest BCUT2D eigenvalue weighted by Crippen LogP contribution is -2.26. The maximum Gasteiger partial charge on any atom is 0.390 e. The van der Waals surface area contributed by atoms with Crippen molar-refractivity contribution in [1.29, 1.82) is 0 Å². The van der Waals surface area contributed by atoms with Crippen LogP contribution in [-0.4, -0.2) is 90.8 Å². The van der Waals surface area contributed by atoms with Gasteiger partial charge in [0, 0.05) is 70.7 Å². The maximum absolute atomic E-state index is 12.9. The molecule has 4 aromatic heterocycles. The van der Waals surface area contributed by atoms with Crippen molar-refractivity contribution < 1.29 is 55.2 Å². The second kappa shape index (κ2) is 23.6. The van der Waals surface area contributed by atoms with Crippen LogP contribution in [0.15, 0.2) is 97.3 Å². The van der Waals surface area contributed by atoms with Gasteiger partial charge in [-0.2, -0.15) is 26.3 Å². The topological polar surface area (TPSA) is 191 Å². The zero-order valence-electron chi connectivity index (χ0n) is 45.6. The molecule has 0 radical (unpaired) electrons. The van der Waals surface area contributed by atoms with Crippen molar-refractivity contribution in [1.82, 2.24) is 39.8 Å². The maximum atomic E-state index is 12.9. The van der Waals surface area contributed by atoms with Crippen LogP contribution in [-0.2, 0) is 0 Å². The predicted octanol–water partition coefficient (Wildman–Crippen LogP) is 13.5. The van der Waals surface area contributed by atoms with Gasteiger partial charge in [-0.25, -0.2) is 19.0 Å². The highest BCUT2D eigenvalue weighted by atomic mass is 19.4. The SMILES string of the molecule is COc1c(Oc2cc(NCCC(F)(F)F)c3ncc(-c4ccc(C(=O)NC5CC5)c(C)c4)n3n2)cccc1C(C)C.Cc1cc(-c2cnc3c(NCCC(F)(F)F)cc(Oc4cccc(C(C)C)c4O)nn23)ccc1C(=O)NC1CC1. The number of hydrogen-bond donors (Lipinski definition) is 5. The molecule has 2 fully saturated rings. The Morgan fingerprint density at radius 3 is 1.47 bits per heavy atom. The van der Waals surface area contributed by atoms with E-state index in [2.05, 4.69) is 41.4 Å². The van der Waals surface area contributed by atoms with Gasteiger partial charge in [0.25, 0.3) is 11.8 Å². The molecule has 0 bridgehead atoms. The number of aryl methyl sites for hydroxylation is 2. The first-order valence-electron chi connectivity index (χ1n) is 26.6. The summed E-state index contributed by atoms with van der Waals surface area (Å²) in [5.74, 6) is 1.27. The Morgan fingerprint density at radius 2 is 1.06 bits per heavy atom. The molecule has 81 heavy (non-hydrogen) atoms. The first-order chi connectivity index (χ1) is 38.5. The molecule has 2 aliphatic carbocycles. The van der Waals surface area contributed by atoms with Crippen molar-refractivity contribution in [2.75, 3.05) is 30.8 Å². The van der Waals surface area contributed by atoms with E-state index >= 15 is 0 Å². The summed E-state index contributed by atoms with van der Waals surface area (Å²) in [5.41, 5.74) is 8.18. The monoisotopic (exact) mass is 1120 g/mol. The number of imidazole rings is 2. The van der Waals surface area contributed by atoms with Gasteiger partial charge in [0.2, 0.25) is 11.8 Å². The van der Waals surface area contributed by atoms with Crippen LogP contribution in [0.5, 0.6) is 34.8 Å². The van der Waals surface area contributed by atoms with E-state index in [1.165, 1.54) is 21.2 Å². The first kappa shape index (κ1) is 57.1. The van der Waals surface area contributed by atoms with Gasteiger partial charge in [-0.1, -0.05) is 64.1 Å². The minimum atomic E-state index is -4.33. The highest BCUT2D eigenvalue weighted by Gasteiger charge is 2.30. The molecule has 0 aliphatic heterocycles. The van der Waals surface area contributed by atoms with Crippen molar-refractivity contribution in [3.63, 3.8) is 0 Å². The van der Waals surface area contributed by atoms with Crippen LogP contribution in [0.25, 0.3) is 33.8 Å². The molecule has 0 unspecified atom stereocenters. The van der Waals surface area contributed by atoms with Gasteiger partial charge in [0.15, 0.2) is 34.3 Å². The number of fused-ring (bicyclic) bond motifs is 2. The summed E-state index contributed by atoms with van der Waals surface area (Å²) in [6.07, 6.45) is -3.57. The Labute approximate surface area is 463 Å². The number of hydrogen-bond acceptors (Lipinski definition) is 12. The lowest BCUT2D eigenvalue weighted by atomic mass is 10.0. The third kappa shape index (κ3) is 13.9. The summed E-state index contributed by atoms with van der Waals surface area (Å²) in [7, 11) is 1.56. The van der Waals surface area contributed by atoms with Gasteiger partial charge in [0.1, 0.15) is 0 Å². The van der Waals surface area contributed by atoms with Crippen LogP contribution in [0.1, 0.15) is 121 Å². The summed E-state index contributed by atoms with van der Waals surface area (Å²) in [6.45, 7) is 10.9. The summed E-state index contributed by atoms with van der Waals surface area (Å²) in [4.78, 5) is 34.1. The number of rotatable bonds is 19. The third-order valence-corrected chi connectivity index (χ3v) is 13.6. The second-order valence-corrected chi connectivity index (χ2v) is 20.8. The van der Waals surface area contributed by atoms with Crippen LogP contribution in [0.3, 0.4) is 0 Å². The van der Waals surface area contributed by atoms with Crippen molar-refractivity contribution in [3.8, 4) is 57.3 Å². The van der Waals surface area contributed by atoms with Gasteiger partial charge in [-0.15, -0.1) is 10.2 Å². The average Bonchev–Trinajstić information content (AvgIpc) is 4.40. The molecule has 0 spiro atoms. The fraction of sp³-hybridized carbons (Fsp3) is 0.356. The van der Waals surface area contributed by atoms with Crippen LogP contribution in [0.2, 0.25) is 0 Å². The smallest absolute Gasteiger partial charge is 0.390 e. The summed E-state index contributed by atoms with van der Waals surface area (Å²) < 4.78 is 98.1. The van der Waals surface area contributed by atoms with E-state index < -0.39 is 25.2 Å². The third-order valence-electron chi connectivity index (χ3n) is 13.6. The summed E-state index contributed by atoms with van der Waals surface area (Å²) in [5, 5.41) is 31.6. The normalized spacial score (nSPS) is 13.5. The standard InChI is InChI=1S/C30H32F3N5O3.C29H30F3N5O3/c1-17(2)21-6-5-7-25(27(21)40-4)41-26-15-23(34-13-12-30(31,32)33)28-35-16-24(38(28)37-26)19-8-11-22(18(3)14-19)29(39)36-20-9-10-20;1-16(2)20-5-4-6-24(26(20)38)40-25-14-22(33-12-11-29(30,31)32)27-34-15-23(37(27)36-25)18-7-10-21(17(3)13-18)28(39)35-19-8-9-19/h5-8,11,14-17,20,34H,9-10,12-13H2,1-4H3,(H,36,39);4-7,10,13-16,19,33,38H,8-9,11-12H2,1-3H3,(H,35,39). The number of nitrogens with one attached hydrogen (secondary N) is 4. The highest BCUT2D eigenvalue weighted by Crippen LogP contribution is 2.41. The number of para-hydroxylation sites is 2. The Morgan fingerprint density at radius 1 is 0.630 bits per heavy atom. The van der Waals surface area contributed by atoms with E-state index in [0.717, 1.165) is 47.9 Å². The van der Waals surface area contributed by atoms with Crippen LogP contribution in [0, 0.1) is 13.8 Å². The zero-order valence-corrected chi connectivity index (χ0v) is 45.6. The number of ether oxygens (including phenoxy) is 3. The minimum Gasteiger partial charge on any atom is -0.504 e.